The Kier molecular flexibility index (Phi) is 7.06. The minimum absolute atomic E-state index is 0.429. The standard InChI is InChI=1S/C28H30N4O3/c1-28(2)26(33)25(22-15-20(16-29)13-14-24(22)35-28)31-27(34)30-23-12-8-7-11-21(23)18-32(3)17-19-9-5-4-6-10-19/h4-15,25-26,33H,17-18H2,1-3H3,(H2,30,31,34)/t25-,26+/m1/s1. The predicted octanol–water partition coefficient (Wildman–Crippen LogP) is 4.58. The van der Waals surface area contributed by atoms with Crippen LogP contribution in [-0.2, 0) is 13.1 Å². The van der Waals surface area contributed by atoms with Gasteiger partial charge in [0, 0.05) is 24.3 Å². The molecule has 1 aliphatic rings. The molecule has 0 saturated carbocycles. The van der Waals surface area contributed by atoms with Crippen molar-refractivity contribution >= 4 is 11.7 Å². The number of nitrogens with zero attached hydrogens (tertiary/aromatic N) is 2. The molecule has 7 heteroatoms. The molecule has 1 aliphatic heterocycles. The van der Waals surface area contributed by atoms with Crippen LogP contribution in [0, 0.1) is 11.3 Å². The summed E-state index contributed by atoms with van der Waals surface area (Å²) in [5.41, 5.74) is 2.96. The van der Waals surface area contributed by atoms with Gasteiger partial charge in [-0.15, -0.1) is 0 Å². The Morgan fingerprint density at radius 3 is 2.54 bits per heavy atom. The molecule has 0 unspecified atom stereocenters. The van der Waals surface area contributed by atoms with Crippen LogP contribution in [0.4, 0.5) is 10.5 Å². The Hall–Kier alpha value is -3.86. The van der Waals surface area contributed by atoms with E-state index in [4.69, 9.17) is 4.74 Å². The molecule has 0 fully saturated rings. The molecule has 0 aliphatic carbocycles. The fourth-order valence-electron chi connectivity index (χ4n) is 4.35. The van der Waals surface area contributed by atoms with Crippen molar-refractivity contribution in [1.29, 1.82) is 5.26 Å². The zero-order valence-electron chi connectivity index (χ0n) is 20.2. The van der Waals surface area contributed by atoms with E-state index in [-0.39, 0.29) is 0 Å². The number of nitriles is 1. The third-order valence-electron chi connectivity index (χ3n) is 6.16. The van der Waals surface area contributed by atoms with Gasteiger partial charge in [-0.2, -0.15) is 5.26 Å². The van der Waals surface area contributed by atoms with E-state index >= 15 is 0 Å². The molecule has 3 N–H and O–H groups in total. The fraction of sp³-hybridized carbons (Fsp3) is 0.286. The zero-order chi connectivity index (χ0) is 25.0. The first kappa shape index (κ1) is 24.3. The summed E-state index contributed by atoms with van der Waals surface area (Å²) in [5, 5.41) is 26.1. The van der Waals surface area contributed by atoms with Crippen LogP contribution in [0.1, 0.15) is 42.1 Å². The van der Waals surface area contributed by atoms with E-state index in [1.807, 2.05) is 49.5 Å². The van der Waals surface area contributed by atoms with E-state index in [1.165, 1.54) is 5.56 Å². The number of para-hydroxylation sites is 1. The number of benzene rings is 3. The van der Waals surface area contributed by atoms with Crippen LogP contribution in [0.5, 0.6) is 5.75 Å². The summed E-state index contributed by atoms with van der Waals surface area (Å²) in [6.45, 7) is 4.96. The van der Waals surface area contributed by atoms with Gasteiger partial charge < -0.3 is 20.5 Å². The number of carbonyl (C=O) groups is 1. The quantitative estimate of drug-likeness (QED) is 0.490. The minimum Gasteiger partial charge on any atom is -0.485 e. The van der Waals surface area contributed by atoms with Gasteiger partial charge in [-0.1, -0.05) is 48.5 Å². The van der Waals surface area contributed by atoms with E-state index in [2.05, 4.69) is 33.7 Å². The first-order chi connectivity index (χ1) is 16.8. The summed E-state index contributed by atoms with van der Waals surface area (Å²) < 4.78 is 5.94. The number of anilines is 1. The van der Waals surface area contributed by atoms with Crippen LogP contribution >= 0.6 is 0 Å². The van der Waals surface area contributed by atoms with Crippen LogP contribution < -0.4 is 15.4 Å². The Balaban J connectivity index is 1.50. The van der Waals surface area contributed by atoms with Gasteiger partial charge in [0.05, 0.1) is 17.7 Å². The maximum absolute atomic E-state index is 13.1. The molecule has 1 heterocycles. The van der Waals surface area contributed by atoms with Crippen molar-refractivity contribution < 1.29 is 14.6 Å². The number of hydrogen-bond acceptors (Lipinski definition) is 5. The van der Waals surface area contributed by atoms with Crippen molar-refractivity contribution in [1.82, 2.24) is 10.2 Å². The number of aliphatic hydroxyl groups is 1. The number of hydrogen-bond donors (Lipinski definition) is 3. The van der Waals surface area contributed by atoms with Crippen LogP contribution in [0.25, 0.3) is 0 Å². The highest BCUT2D eigenvalue weighted by molar-refractivity contribution is 5.90. The van der Waals surface area contributed by atoms with Crippen molar-refractivity contribution in [2.24, 2.45) is 0 Å². The molecule has 0 bridgehead atoms. The van der Waals surface area contributed by atoms with E-state index in [0.29, 0.717) is 29.1 Å². The number of amides is 2. The third-order valence-corrected chi connectivity index (χ3v) is 6.16. The number of ether oxygens (including phenoxy) is 1. The first-order valence-electron chi connectivity index (χ1n) is 11.6. The molecule has 3 aromatic carbocycles. The van der Waals surface area contributed by atoms with E-state index < -0.39 is 23.8 Å². The van der Waals surface area contributed by atoms with Gasteiger partial charge >= 0.3 is 6.03 Å². The predicted molar refractivity (Wildman–Crippen MR) is 135 cm³/mol. The average molecular weight is 471 g/mol. The molecule has 0 spiro atoms. The minimum atomic E-state index is -1.01. The van der Waals surface area contributed by atoms with Crippen molar-refractivity contribution in [3.8, 4) is 11.8 Å². The summed E-state index contributed by atoms with van der Waals surface area (Å²) in [7, 11) is 2.04. The van der Waals surface area contributed by atoms with Gasteiger partial charge in [0.1, 0.15) is 17.5 Å². The second kappa shape index (κ2) is 10.2. The van der Waals surface area contributed by atoms with Crippen LogP contribution in [-0.4, -0.2) is 34.8 Å². The van der Waals surface area contributed by atoms with Gasteiger partial charge in [-0.3, -0.25) is 4.90 Å². The molecule has 0 radical (unpaired) electrons. The SMILES string of the molecule is CN(Cc1ccccc1)Cc1ccccc1NC(=O)N[C@@H]1c2cc(C#N)ccc2OC(C)(C)[C@H]1O. The molecule has 7 nitrogen and oxygen atoms in total. The topological polar surface area (TPSA) is 97.6 Å². The van der Waals surface area contributed by atoms with Crippen LogP contribution in [0.15, 0.2) is 72.8 Å². The molecule has 35 heavy (non-hydrogen) atoms. The largest absolute Gasteiger partial charge is 0.485 e. The fourth-order valence-corrected chi connectivity index (χ4v) is 4.35. The average Bonchev–Trinajstić information content (AvgIpc) is 2.83. The maximum atomic E-state index is 13.1. The maximum Gasteiger partial charge on any atom is 0.319 e. The molecular formula is C28H30N4O3. The van der Waals surface area contributed by atoms with Gasteiger partial charge in [0.2, 0.25) is 0 Å². The summed E-state index contributed by atoms with van der Waals surface area (Å²) in [6, 6.07) is 23.8. The first-order valence-corrected chi connectivity index (χ1v) is 11.6. The van der Waals surface area contributed by atoms with Gasteiger partial charge in [-0.05, 0) is 56.3 Å². The van der Waals surface area contributed by atoms with E-state index in [1.54, 1.807) is 32.0 Å². The summed E-state index contributed by atoms with van der Waals surface area (Å²) in [6.07, 6.45) is -1.01. The summed E-state index contributed by atoms with van der Waals surface area (Å²) in [5.74, 6) is 0.535. The van der Waals surface area contributed by atoms with Crippen molar-refractivity contribution in [3.63, 3.8) is 0 Å². The second-order valence-electron chi connectivity index (χ2n) is 9.41. The lowest BCUT2D eigenvalue weighted by Gasteiger charge is -2.42. The molecule has 0 aromatic heterocycles. The summed E-state index contributed by atoms with van der Waals surface area (Å²) in [4.78, 5) is 15.3. The number of nitrogens with one attached hydrogen (secondary N) is 2. The molecule has 2 atom stereocenters. The second-order valence-corrected chi connectivity index (χ2v) is 9.41. The number of rotatable bonds is 6. The lowest BCUT2D eigenvalue weighted by atomic mass is 9.86. The highest BCUT2D eigenvalue weighted by atomic mass is 16.5. The third kappa shape index (κ3) is 5.62. The Morgan fingerprint density at radius 2 is 1.80 bits per heavy atom. The van der Waals surface area contributed by atoms with Crippen molar-refractivity contribution in [2.75, 3.05) is 12.4 Å². The summed E-state index contributed by atoms with van der Waals surface area (Å²) >= 11 is 0. The van der Waals surface area contributed by atoms with Crippen molar-refractivity contribution in [2.45, 2.75) is 44.7 Å². The van der Waals surface area contributed by atoms with Gasteiger partial charge in [0.25, 0.3) is 0 Å². The highest BCUT2D eigenvalue weighted by Gasteiger charge is 2.43. The smallest absolute Gasteiger partial charge is 0.319 e. The molecular weight excluding hydrogens is 440 g/mol. The van der Waals surface area contributed by atoms with Crippen LogP contribution in [0.2, 0.25) is 0 Å². The lowest BCUT2D eigenvalue weighted by Crippen LogP contribution is -2.54. The van der Waals surface area contributed by atoms with E-state index in [9.17, 15) is 15.2 Å². The number of fused-ring (bicyclic) bond motifs is 1. The van der Waals surface area contributed by atoms with Crippen molar-refractivity contribution in [3.05, 3.63) is 95.1 Å². The lowest BCUT2D eigenvalue weighted by molar-refractivity contribution is -0.0618. The Morgan fingerprint density at radius 1 is 1.09 bits per heavy atom. The normalized spacial score (nSPS) is 18.2. The van der Waals surface area contributed by atoms with Gasteiger partial charge in [-0.25, -0.2) is 4.79 Å². The molecule has 0 saturated heterocycles. The molecule has 4 rings (SSSR count). The Bertz CT molecular complexity index is 1240. The monoisotopic (exact) mass is 470 g/mol. The molecule has 180 valence electrons. The number of urea groups is 1. The highest BCUT2D eigenvalue weighted by Crippen LogP contribution is 2.40. The van der Waals surface area contributed by atoms with Crippen LogP contribution in [0.3, 0.4) is 0 Å². The van der Waals surface area contributed by atoms with Gasteiger partial charge in [0.15, 0.2) is 0 Å². The van der Waals surface area contributed by atoms with E-state index in [0.717, 1.165) is 12.1 Å². The zero-order valence-corrected chi connectivity index (χ0v) is 20.2. The number of aliphatic hydroxyl groups excluding tert-OH is 1. The Labute approximate surface area is 206 Å². The molecule has 2 amide bonds. The molecule has 3 aromatic rings. The number of carbonyl (C=O) groups excluding carboxylic acids is 1.